The smallest absolute Gasteiger partial charge is 0.210 e. The average Bonchev–Trinajstić information content (AvgIpc) is 3.49. The van der Waals surface area contributed by atoms with E-state index in [-0.39, 0.29) is 12.0 Å². The molecule has 0 saturated carbocycles. The van der Waals surface area contributed by atoms with Crippen LogP contribution in [0.15, 0.2) is 246 Å². The van der Waals surface area contributed by atoms with Crippen molar-refractivity contribution >= 4 is 28.4 Å². The number of hydrogen-bond donors (Lipinski definition) is 0. The van der Waals surface area contributed by atoms with Crippen molar-refractivity contribution in [3.63, 3.8) is 0 Å². The third kappa shape index (κ3) is 8.89. The summed E-state index contributed by atoms with van der Waals surface area (Å²) in [7, 11) is 0. The first kappa shape index (κ1) is 48.5. The lowest BCUT2D eigenvalue weighted by Gasteiger charge is -2.44. The van der Waals surface area contributed by atoms with E-state index in [1.54, 1.807) is 0 Å². The van der Waals surface area contributed by atoms with Crippen LogP contribution in [0.4, 0.5) is 28.4 Å². The molecule has 0 aliphatic heterocycles. The SMILES string of the molecule is [C-]#[N+]c1ccccc1N(C1=C2C=CC3=C4C(=CC=C(C=C1)C24)C(N(c1ccccc1C#N)c1ccc(-c2cc(C)cc(C)c2)cc1-c1cccc(C)c1)C=C3)c1ccc(-c2cc(C)cc(C)c2)cc1-c1cc(C)cc(C)c1. The summed E-state index contributed by atoms with van der Waals surface area (Å²) >= 11 is 0. The van der Waals surface area contributed by atoms with E-state index >= 15 is 0 Å². The van der Waals surface area contributed by atoms with Crippen molar-refractivity contribution < 1.29 is 0 Å². The first-order valence-electron chi connectivity index (χ1n) is 26.5. The Morgan fingerprint density at radius 2 is 1.05 bits per heavy atom. The Hall–Kier alpha value is -9.48. The predicted octanol–water partition coefficient (Wildman–Crippen LogP) is 19.0. The fourth-order valence-electron chi connectivity index (χ4n) is 12.4. The number of anilines is 4. The van der Waals surface area contributed by atoms with E-state index in [1.807, 2.05) is 36.4 Å². The van der Waals surface area contributed by atoms with Crippen LogP contribution >= 0.6 is 0 Å². The maximum absolute atomic E-state index is 10.9. The van der Waals surface area contributed by atoms with Crippen LogP contribution in [0.3, 0.4) is 0 Å². The van der Waals surface area contributed by atoms with Gasteiger partial charge in [-0.05, 0) is 158 Å². The predicted molar refractivity (Wildman–Crippen MR) is 321 cm³/mol. The largest absolute Gasteiger partial charge is 0.329 e. The van der Waals surface area contributed by atoms with Gasteiger partial charge in [-0.2, -0.15) is 5.26 Å². The summed E-state index contributed by atoms with van der Waals surface area (Å²) < 4.78 is 0. The van der Waals surface area contributed by atoms with Crippen LogP contribution in [0.2, 0.25) is 0 Å². The Morgan fingerprint density at radius 1 is 0.468 bits per heavy atom. The molecule has 370 valence electrons. The van der Waals surface area contributed by atoms with Gasteiger partial charge in [-0.3, -0.25) is 0 Å². The molecule has 8 aromatic carbocycles. The first-order chi connectivity index (χ1) is 37.4. The van der Waals surface area contributed by atoms with Gasteiger partial charge in [-0.25, -0.2) is 4.85 Å². The molecule has 8 aromatic rings. The van der Waals surface area contributed by atoms with Crippen molar-refractivity contribution in [3.05, 3.63) is 302 Å². The van der Waals surface area contributed by atoms with Crippen LogP contribution in [0.1, 0.15) is 44.5 Å². The van der Waals surface area contributed by atoms with Crippen LogP contribution in [-0.4, -0.2) is 6.04 Å². The molecule has 4 nitrogen and oxygen atoms in total. The van der Waals surface area contributed by atoms with E-state index in [1.165, 1.54) is 72.4 Å². The van der Waals surface area contributed by atoms with Crippen molar-refractivity contribution in [2.75, 3.05) is 9.80 Å². The lowest BCUT2D eigenvalue weighted by molar-refractivity contribution is 0.773. The monoisotopic (exact) mass is 990 g/mol. The van der Waals surface area contributed by atoms with Gasteiger partial charge in [-0.15, -0.1) is 0 Å². The van der Waals surface area contributed by atoms with Crippen LogP contribution in [0.25, 0.3) is 49.4 Å². The third-order valence-electron chi connectivity index (χ3n) is 15.5. The molecule has 12 rings (SSSR count). The molecular weight excluding hydrogens is 933 g/mol. The maximum atomic E-state index is 10.9. The van der Waals surface area contributed by atoms with E-state index in [9.17, 15) is 5.26 Å². The summed E-state index contributed by atoms with van der Waals surface area (Å²) in [5, 5.41) is 10.9. The standard InChI is InChI=1S/C73H58N4/c1-45-14-13-16-56(35-45)63-42-54(58-36-46(2)32-47(3)37-58)24-30-69(63)76(66-18-11-9-15-57(66)44-74)67-28-22-52-21-27-62-68(29-23-53-20-26-61(67)72(52)73(53)62)77(71-19-12-10-17-65(71)75-8)70-31-25-55(59-38-48(4)33-49(5)39-59)43-64(70)60-40-50(6)34-51(7)41-60/h9-43,67,73H,1-7H3. The Labute approximate surface area is 454 Å². The summed E-state index contributed by atoms with van der Waals surface area (Å²) in [5.41, 5.74) is 29.3. The van der Waals surface area contributed by atoms with Crippen molar-refractivity contribution in [1.29, 1.82) is 5.26 Å². The van der Waals surface area contributed by atoms with Crippen molar-refractivity contribution in [1.82, 2.24) is 0 Å². The molecule has 0 N–H and O–H groups in total. The van der Waals surface area contributed by atoms with E-state index < -0.39 is 0 Å². The number of benzene rings is 8. The number of hydrogen-bond acceptors (Lipinski definition) is 3. The molecular formula is C73H58N4. The Morgan fingerprint density at radius 3 is 1.69 bits per heavy atom. The lowest BCUT2D eigenvalue weighted by atomic mass is 9.67. The van der Waals surface area contributed by atoms with Crippen LogP contribution in [0.5, 0.6) is 0 Å². The van der Waals surface area contributed by atoms with Crippen LogP contribution in [-0.2, 0) is 0 Å². The average molecular weight is 991 g/mol. The number of rotatable bonds is 10. The van der Waals surface area contributed by atoms with Crippen molar-refractivity contribution in [3.8, 4) is 50.6 Å². The van der Waals surface area contributed by atoms with E-state index in [2.05, 4.69) is 245 Å². The minimum Gasteiger partial charge on any atom is -0.329 e. The molecule has 0 radical (unpaired) electrons. The summed E-state index contributed by atoms with van der Waals surface area (Å²) in [6.07, 6.45) is 18.4. The molecule has 4 aliphatic carbocycles. The fraction of sp³-hybridized carbons (Fsp3) is 0.123. The minimum absolute atomic E-state index is 0.111. The fourth-order valence-corrected chi connectivity index (χ4v) is 12.4. The van der Waals surface area contributed by atoms with Gasteiger partial charge in [0.1, 0.15) is 6.07 Å². The number of nitriles is 1. The van der Waals surface area contributed by atoms with Gasteiger partial charge in [0, 0.05) is 28.4 Å². The number of nitrogens with zero attached hydrogens (tertiary/aromatic N) is 4. The van der Waals surface area contributed by atoms with Gasteiger partial charge >= 0.3 is 0 Å². The highest BCUT2D eigenvalue weighted by Gasteiger charge is 2.41. The molecule has 0 bridgehead atoms. The minimum atomic E-state index is -0.285. The van der Waals surface area contributed by atoms with Crippen molar-refractivity contribution in [2.45, 2.75) is 54.5 Å². The van der Waals surface area contributed by atoms with Gasteiger partial charge < -0.3 is 9.80 Å². The van der Waals surface area contributed by atoms with Gasteiger partial charge in [0.15, 0.2) is 0 Å². The summed E-state index contributed by atoms with van der Waals surface area (Å²) in [5.74, 6) is -0.111. The second-order valence-corrected chi connectivity index (χ2v) is 21.3. The summed E-state index contributed by atoms with van der Waals surface area (Å²) in [4.78, 5) is 8.92. The topological polar surface area (TPSA) is 34.6 Å². The van der Waals surface area contributed by atoms with Gasteiger partial charge in [-0.1, -0.05) is 203 Å². The highest BCUT2D eigenvalue weighted by molar-refractivity contribution is 5.94. The molecule has 2 unspecified atom stereocenters. The molecule has 4 heteroatoms. The molecule has 0 aromatic heterocycles. The second kappa shape index (κ2) is 19.7. The summed E-state index contributed by atoms with van der Waals surface area (Å²) in [6.45, 7) is 23.7. The molecule has 4 aliphatic rings. The van der Waals surface area contributed by atoms with E-state index in [0.29, 0.717) is 11.3 Å². The highest BCUT2D eigenvalue weighted by atomic mass is 15.2. The van der Waals surface area contributed by atoms with E-state index in [0.717, 1.165) is 67.4 Å². The molecule has 0 amide bonds. The molecule has 2 atom stereocenters. The van der Waals surface area contributed by atoms with Gasteiger partial charge in [0.05, 0.1) is 35.2 Å². The lowest BCUT2D eigenvalue weighted by Crippen LogP contribution is -2.38. The molecule has 0 fully saturated rings. The molecule has 0 saturated heterocycles. The first-order valence-corrected chi connectivity index (χ1v) is 26.5. The maximum Gasteiger partial charge on any atom is 0.210 e. The molecule has 0 heterocycles. The Kier molecular flexibility index (Phi) is 12.4. The third-order valence-corrected chi connectivity index (χ3v) is 15.5. The van der Waals surface area contributed by atoms with E-state index in [4.69, 9.17) is 6.57 Å². The second-order valence-electron chi connectivity index (χ2n) is 21.3. The highest BCUT2D eigenvalue weighted by Crippen LogP contribution is 2.54. The molecule has 0 spiro atoms. The normalized spacial score (nSPS) is 15.9. The van der Waals surface area contributed by atoms with Gasteiger partial charge in [0.2, 0.25) is 5.69 Å². The quantitative estimate of drug-likeness (QED) is 0.128. The Balaban J connectivity index is 1.05. The van der Waals surface area contributed by atoms with Crippen LogP contribution in [0, 0.1) is 72.3 Å². The number of allylic oxidation sites excluding steroid dienone is 10. The zero-order chi connectivity index (χ0) is 53.1. The van der Waals surface area contributed by atoms with Crippen LogP contribution < -0.4 is 9.80 Å². The summed E-state index contributed by atoms with van der Waals surface area (Å²) in [6, 6.07) is 61.1. The zero-order valence-corrected chi connectivity index (χ0v) is 44.7. The number of aryl methyl sites for hydroxylation is 7. The zero-order valence-electron chi connectivity index (χ0n) is 44.7. The number of para-hydroxylation sites is 3. The molecule has 77 heavy (non-hydrogen) atoms. The van der Waals surface area contributed by atoms with Crippen molar-refractivity contribution in [2.24, 2.45) is 5.92 Å². The van der Waals surface area contributed by atoms with Gasteiger partial charge in [0.25, 0.3) is 0 Å². The Bertz CT molecular complexity index is 4050.